The number of fused-ring (bicyclic) bond motifs is 2. The van der Waals surface area contributed by atoms with E-state index < -0.39 is 0 Å². The number of aromatic hydroxyl groups is 2. The third-order valence-corrected chi connectivity index (χ3v) is 5.90. The van der Waals surface area contributed by atoms with E-state index in [2.05, 4.69) is 35.0 Å². The molecular weight excluding hydrogens is 330 g/mol. The smallest absolute Gasteiger partial charge is 0.176 e. The first kappa shape index (κ1) is 14.8. The summed E-state index contributed by atoms with van der Waals surface area (Å²) in [5.74, 6) is -0.279. The second-order valence-corrected chi connectivity index (χ2v) is 7.11. The molecule has 1 unspecified atom stereocenters. The first-order chi connectivity index (χ1) is 11.2. The van der Waals surface area contributed by atoms with E-state index in [0.717, 1.165) is 30.6 Å². The molecule has 1 aromatic heterocycles. The molecule has 0 aliphatic carbocycles. The van der Waals surface area contributed by atoms with Crippen molar-refractivity contribution in [2.75, 3.05) is 13.1 Å². The standard InChI is InChI=1S/C18H16ClNO2S/c19-16-11-4-6-20-9-14(13(11)8-15(21)17(16)22)12-3-1-2-10-5-7-23-18(10)12/h1-3,5,7-8,14,20-22H,4,6,9H2. The van der Waals surface area contributed by atoms with Crippen molar-refractivity contribution < 1.29 is 10.2 Å². The van der Waals surface area contributed by atoms with E-state index in [-0.39, 0.29) is 22.4 Å². The molecule has 3 N–H and O–H groups in total. The van der Waals surface area contributed by atoms with E-state index in [9.17, 15) is 10.2 Å². The van der Waals surface area contributed by atoms with Crippen molar-refractivity contribution in [3.8, 4) is 11.5 Å². The average Bonchev–Trinajstić information content (AvgIpc) is 2.94. The number of phenolic OH excluding ortho intramolecular Hbond substituents is 2. The van der Waals surface area contributed by atoms with Crippen molar-refractivity contribution in [1.29, 1.82) is 0 Å². The molecule has 2 aromatic carbocycles. The summed E-state index contributed by atoms with van der Waals surface area (Å²) in [6.45, 7) is 1.58. The van der Waals surface area contributed by atoms with Crippen LogP contribution < -0.4 is 5.32 Å². The molecule has 1 aliphatic rings. The van der Waals surface area contributed by atoms with Crippen LogP contribution in [0.1, 0.15) is 22.6 Å². The molecule has 0 saturated heterocycles. The van der Waals surface area contributed by atoms with Crippen LogP contribution in [0.5, 0.6) is 11.5 Å². The maximum Gasteiger partial charge on any atom is 0.176 e. The third-order valence-electron chi connectivity index (χ3n) is 4.52. The number of hydrogen-bond donors (Lipinski definition) is 3. The average molecular weight is 346 g/mol. The highest BCUT2D eigenvalue weighted by Gasteiger charge is 2.26. The summed E-state index contributed by atoms with van der Waals surface area (Å²) in [6, 6.07) is 10.1. The van der Waals surface area contributed by atoms with Gasteiger partial charge < -0.3 is 15.5 Å². The van der Waals surface area contributed by atoms with Gasteiger partial charge in [-0.3, -0.25) is 0 Å². The van der Waals surface area contributed by atoms with E-state index >= 15 is 0 Å². The second kappa shape index (κ2) is 5.71. The molecule has 5 heteroatoms. The van der Waals surface area contributed by atoms with Gasteiger partial charge in [0.15, 0.2) is 11.5 Å². The van der Waals surface area contributed by atoms with Crippen LogP contribution >= 0.6 is 22.9 Å². The van der Waals surface area contributed by atoms with E-state index in [0.29, 0.717) is 0 Å². The van der Waals surface area contributed by atoms with Crippen molar-refractivity contribution in [3.63, 3.8) is 0 Å². The first-order valence-corrected chi connectivity index (χ1v) is 8.82. The fraction of sp³-hybridized carbons (Fsp3) is 0.222. The quantitative estimate of drug-likeness (QED) is 0.578. The van der Waals surface area contributed by atoms with Crippen LogP contribution in [0.2, 0.25) is 5.02 Å². The van der Waals surface area contributed by atoms with Gasteiger partial charge >= 0.3 is 0 Å². The van der Waals surface area contributed by atoms with Gasteiger partial charge in [-0.1, -0.05) is 29.8 Å². The number of hydrogen-bond acceptors (Lipinski definition) is 4. The van der Waals surface area contributed by atoms with Crippen LogP contribution in [0, 0.1) is 0 Å². The summed E-state index contributed by atoms with van der Waals surface area (Å²) in [5, 5.41) is 27.0. The number of benzene rings is 2. The predicted molar refractivity (Wildman–Crippen MR) is 95.0 cm³/mol. The van der Waals surface area contributed by atoms with E-state index in [4.69, 9.17) is 11.6 Å². The second-order valence-electron chi connectivity index (χ2n) is 5.82. The highest BCUT2D eigenvalue weighted by molar-refractivity contribution is 7.17. The SMILES string of the molecule is Oc1cc2c(c(Cl)c1O)CCNCC2c1cccc2ccsc12. The molecule has 118 valence electrons. The van der Waals surface area contributed by atoms with Crippen LogP contribution in [0.4, 0.5) is 0 Å². The highest BCUT2D eigenvalue weighted by Crippen LogP contribution is 2.44. The molecule has 23 heavy (non-hydrogen) atoms. The lowest BCUT2D eigenvalue weighted by Crippen LogP contribution is -2.20. The van der Waals surface area contributed by atoms with Gasteiger partial charge in [-0.25, -0.2) is 0 Å². The molecule has 1 aliphatic heterocycles. The molecule has 1 atom stereocenters. The Bertz CT molecular complexity index is 890. The molecule has 2 heterocycles. The van der Waals surface area contributed by atoms with Crippen LogP contribution in [-0.2, 0) is 6.42 Å². The van der Waals surface area contributed by atoms with Crippen molar-refractivity contribution >= 4 is 33.0 Å². The van der Waals surface area contributed by atoms with E-state index in [1.807, 2.05) is 0 Å². The van der Waals surface area contributed by atoms with E-state index in [1.54, 1.807) is 17.4 Å². The lowest BCUT2D eigenvalue weighted by molar-refractivity contribution is 0.402. The van der Waals surface area contributed by atoms with Gasteiger partial charge in [-0.2, -0.15) is 0 Å². The number of nitrogens with one attached hydrogen (secondary N) is 1. The molecule has 3 aromatic rings. The largest absolute Gasteiger partial charge is 0.504 e. The summed E-state index contributed by atoms with van der Waals surface area (Å²) in [5.41, 5.74) is 3.15. The van der Waals surface area contributed by atoms with Gasteiger partial charge in [0.1, 0.15) is 0 Å². The number of rotatable bonds is 1. The summed E-state index contributed by atoms with van der Waals surface area (Å²) in [7, 11) is 0. The topological polar surface area (TPSA) is 52.5 Å². The minimum atomic E-state index is -0.222. The minimum Gasteiger partial charge on any atom is -0.504 e. The molecule has 3 nitrogen and oxygen atoms in total. The highest BCUT2D eigenvalue weighted by atomic mass is 35.5. The van der Waals surface area contributed by atoms with Crippen molar-refractivity contribution in [3.05, 3.63) is 57.4 Å². The Balaban J connectivity index is 1.96. The summed E-state index contributed by atoms with van der Waals surface area (Å²) < 4.78 is 1.26. The maximum absolute atomic E-state index is 10.0. The normalized spacial score (nSPS) is 17.9. The fourth-order valence-corrected chi connectivity index (χ4v) is 4.66. The minimum absolute atomic E-state index is 0.0962. The van der Waals surface area contributed by atoms with Gasteiger partial charge in [0.25, 0.3) is 0 Å². The zero-order valence-corrected chi connectivity index (χ0v) is 13.9. The third kappa shape index (κ3) is 2.38. The van der Waals surface area contributed by atoms with Gasteiger partial charge in [0.05, 0.1) is 5.02 Å². The van der Waals surface area contributed by atoms with Gasteiger partial charge in [0.2, 0.25) is 0 Å². The fourth-order valence-electron chi connectivity index (χ4n) is 3.39. The lowest BCUT2D eigenvalue weighted by Gasteiger charge is -2.20. The Labute approximate surface area is 143 Å². The predicted octanol–water partition coefficient (Wildman–Crippen LogP) is 4.24. The van der Waals surface area contributed by atoms with Crippen molar-refractivity contribution in [1.82, 2.24) is 5.32 Å². The van der Waals surface area contributed by atoms with Crippen LogP contribution in [-0.4, -0.2) is 23.3 Å². The van der Waals surface area contributed by atoms with Crippen LogP contribution in [0.3, 0.4) is 0 Å². The maximum atomic E-state index is 10.0. The number of thiophene rings is 1. The molecule has 0 amide bonds. The summed E-state index contributed by atoms with van der Waals surface area (Å²) >= 11 is 8.03. The molecular formula is C18H16ClNO2S. The van der Waals surface area contributed by atoms with Gasteiger partial charge in [0, 0.05) is 17.2 Å². The Morgan fingerprint density at radius 2 is 2.04 bits per heavy atom. The lowest BCUT2D eigenvalue weighted by atomic mass is 9.87. The zero-order chi connectivity index (χ0) is 16.0. The van der Waals surface area contributed by atoms with Gasteiger partial charge in [-0.05, 0) is 52.6 Å². The molecule has 0 radical (unpaired) electrons. The monoisotopic (exact) mass is 345 g/mol. The molecule has 0 saturated carbocycles. The Morgan fingerprint density at radius 1 is 1.17 bits per heavy atom. The Hall–Kier alpha value is -1.75. The molecule has 0 fully saturated rings. The molecule has 0 bridgehead atoms. The zero-order valence-electron chi connectivity index (χ0n) is 12.3. The molecule has 0 spiro atoms. The van der Waals surface area contributed by atoms with Crippen molar-refractivity contribution in [2.24, 2.45) is 0 Å². The first-order valence-electron chi connectivity index (χ1n) is 7.57. The van der Waals surface area contributed by atoms with Crippen molar-refractivity contribution in [2.45, 2.75) is 12.3 Å². The number of halogens is 1. The van der Waals surface area contributed by atoms with E-state index in [1.165, 1.54) is 15.6 Å². The van der Waals surface area contributed by atoms with Crippen LogP contribution in [0.15, 0.2) is 35.7 Å². The summed E-state index contributed by atoms with van der Waals surface area (Å²) in [4.78, 5) is 0. The van der Waals surface area contributed by atoms with Gasteiger partial charge in [-0.15, -0.1) is 11.3 Å². The van der Waals surface area contributed by atoms with Crippen LogP contribution in [0.25, 0.3) is 10.1 Å². The molecule has 4 rings (SSSR count). The number of phenols is 2. The Morgan fingerprint density at radius 3 is 2.91 bits per heavy atom. The Kier molecular flexibility index (Phi) is 3.68. The summed E-state index contributed by atoms with van der Waals surface area (Å²) in [6.07, 6.45) is 0.735.